The van der Waals surface area contributed by atoms with E-state index >= 15 is 0 Å². The van der Waals surface area contributed by atoms with Crippen LogP contribution in [0.5, 0.6) is 0 Å². The van der Waals surface area contributed by atoms with E-state index in [1.54, 1.807) is 27.9 Å². The Morgan fingerprint density at radius 3 is 2.20 bits per heavy atom. The minimum atomic E-state index is -1.10. The molecule has 1 unspecified atom stereocenters. The minimum Gasteiger partial charge on any atom is -0.409 e. The molecule has 2 amide bonds. The first-order valence-electron chi connectivity index (χ1n) is 6.72. The van der Waals surface area contributed by atoms with Gasteiger partial charge >= 0.3 is 0 Å². The van der Waals surface area contributed by atoms with Crippen LogP contribution in [-0.2, 0) is 9.59 Å². The molecule has 0 saturated carbocycles. The summed E-state index contributed by atoms with van der Waals surface area (Å²) < 4.78 is 0. The monoisotopic (exact) mass is 286 g/mol. The lowest BCUT2D eigenvalue weighted by atomic mass is 9.84. The van der Waals surface area contributed by atoms with Gasteiger partial charge in [-0.25, -0.2) is 0 Å². The third kappa shape index (κ3) is 4.11. The molecule has 0 aliphatic heterocycles. The van der Waals surface area contributed by atoms with E-state index in [-0.39, 0.29) is 24.2 Å². The fourth-order valence-corrected chi connectivity index (χ4v) is 1.73. The van der Waals surface area contributed by atoms with Gasteiger partial charge in [-0.15, -0.1) is 0 Å². The van der Waals surface area contributed by atoms with Gasteiger partial charge in [0.05, 0.1) is 6.54 Å². The van der Waals surface area contributed by atoms with Gasteiger partial charge in [0.15, 0.2) is 5.84 Å². The second-order valence-corrected chi connectivity index (χ2v) is 5.19. The SMILES string of the molecule is CCCN(CC(=O)N(C)C)C(=O)C(C)(CC)C(N)=NO. The van der Waals surface area contributed by atoms with Crippen LogP contribution in [0.2, 0.25) is 0 Å². The molecule has 0 aromatic carbocycles. The molecule has 0 heterocycles. The summed E-state index contributed by atoms with van der Waals surface area (Å²) in [7, 11) is 3.28. The van der Waals surface area contributed by atoms with E-state index in [4.69, 9.17) is 10.9 Å². The molecule has 0 aromatic rings. The second-order valence-electron chi connectivity index (χ2n) is 5.19. The Balaban J connectivity index is 5.27. The highest BCUT2D eigenvalue weighted by Gasteiger charge is 2.39. The first-order chi connectivity index (χ1) is 9.24. The molecule has 0 aromatic heterocycles. The number of nitrogens with zero attached hydrogens (tertiary/aromatic N) is 3. The zero-order chi connectivity index (χ0) is 15.9. The van der Waals surface area contributed by atoms with E-state index in [2.05, 4.69) is 5.16 Å². The summed E-state index contributed by atoms with van der Waals surface area (Å²) in [5.41, 5.74) is 4.54. The van der Waals surface area contributed by atoms with Crippen LogP contribution in [0.1, 0.15) is 33.6 Å². The number of amidine groups is 1. The Labute approximate surface area is 120 Å². The quantitative estimate of drug-likeness (QED) is 0.308. The van der Waals surface area contributed by atoms with Crippen molar-refractivity contribution in [3.63, 3.8) is 0 Å². The fourth-order valence-electron chi connectivity index (χ4n) is 1.73. The molecule has 0 aliphatic rings. The Bertz CT molecular complexity index is 382. The van der Waals surface area contributed by atoms with E-state index in [0.29, 0.717) is 13.0 Å². The van der Waals surface area contributed by atoms with Crippen molar-refractivity contribution in [2.45, 2.75) is 33.6 Å². The van der Waals surface area contributed by atoms with Crippen LogP contribution < -0.4 is 5.73 Å². The van der Waals surface area contributed by atoms with E-state index in [1.807, 2.05) is 6.92 Å². The van der Waals surface area contributed by atoms with E-state index in [1.165, 1.54) is 9.80 Å². The number of carbonyl (C=O) groups excluding carboxylic acids is 2. The number of carbonyl (C=O) groups is 2. The fraction of sp³-hybridized carbons (Fsp3) is 0.769. The van der Waals surface area contributed by atoms with E-state index in [0.717, 1.165) is 6.42 Å². The molecular weight excluding hydrogens is 260 g/mol. The van der Waals surface area contributed by atoms with E-state index in [9.17, 15) is 9.59 Å². The van der Waals surface area contributed by atoms with Gasteiger partial charge in [-0.3, -0.25) is 9.59 Å². The molecule has 0 bridgehead atoms. The maximum absolute atomic E-state index is 12.6. The molecular formula is C13H26N4O3. The standard InChI is InChI=1S/C13H26N4O3/c1-6-8-17(9-10(18)16(4)5)12(19)13(3,7-2)11(14)15-20/h20H,6-9H2,1-5H3,(H2,14,15). The predicted octanol–water partition coefficient (Wildman–Crippen LogP) is 0.476. The maximum atomic E-state index is 12.6. The molecule has 0 fully saturated rings. The summed E-state index contributed by atoms with van der Waals surface area (Å²) in [5.74, 6) is -0.597. The summed E-state index contributed by atoms with van der Waals surface area (Å²) >= 11 is 0. The molecule has 1 atom stereocenters. The number of hydrogen-bond donors (Lipinski definition) is 2. The van der Waals surface area contributed by atoms with Crippen LogP contribution >= 0.6 is 0 Å². The molecule has 0 radical (unpaired) electrons. The first-order valence-corrected chi connectivity index (χ1v) is 6.72. The lowest BCUT2D eigenvalue weighted by Crippen LogP contribution is -2.52. The van der Waals surface area contributed by atoms with Crippen LogP contribution in [0.15, 0.2) is 5.16 Å². The van der Waals surface area contributed by atoms with Crippen molar-refractivity contribution < 1.29 is 14.8 Å². The Morgan fingerprint density at radius 1 is 1.30 bits per heavy atom. The van der Waals surface area contributed by atoms with Gasteiger partial charge < -0.3 is 20.7 Å². The Morgan fingerprint density at radius 2 is 1.85 bits per heavy atom. The Kier molecular flexibility index (Phi) is 7.02. The van der Waals surface area contributed by atoms with Crippen LogP contribution in [0.25, 0.3) is 0 Å². The highest BCUT2D eigenvalue weighted by atomic mass is 16.4. The average molecular weight is 286 g/mol. The number of likely N-dealkylation sites (N-methyl/N-ethyl adjacent to an activating group) is 1. The number of oxime groups is 1. The topological polar surface area (TPSA) is 99.2 Å². The molecule has 0 aliphatic carbocycles. The molecule has 0 saturated heterocycles. The Hall–Kier alpha value is -1.79. The third-order valence-electron chi connectivity index (χ3n) is 3.46. The second kappa shape index (κ2) is 7.72. The van der Waals surface area contributed by atoms with Gasteiger partial charge in [0.25, 0.3) is 0 Å². The van der Waals surface area contributed by atoms with Crippen LogP contribution in [0.4, 0.5) is 0 Å². The van der Waals surface area contributed by atoms with Crippen molar-refractivity contribution in [3.05, 3.63) is 0 Å². The maximum Gasteiger partial charge on any atom is 0.241 e. The average Bonchev–Trinajstić information content (AvgIpc) is 2.43. The van der Waals surface area contributed by atoms with Gasteiger partial charge in [0.2, 0.25) is 11.8 Å². The minimum absolute atomic E-state index is 0.00598. The smallest absolute Gasteiger partial charge is 0.241 e. The largest absolute Gasteiger partial charge is 0.409 e. The van der Waals surface area contributed by atoms with Crippen molar-refractivity contribution in [2.75, 3.05) is 27.2 Å². The molecule has 0 rings (SSSR count). The van der Waals surface area contributed by atoms with Crippen molar-refractivity contribution in [3.8, 4) is 0 Å². The summed E-state index contributed by atoms with van der Waals surface area (Å²) in [4.78, 5) is 27.3. The van der Waals surface area contributed by atoms with Crippen molar-refractivity contribution in [1.82, 2.24) is 9.80 Å². The predicted molar refractivity (Wildman–Crippen MR) is 77.4 cm³/mol. The zero-order valence-corrected chi connectivity index (χ0v) is 13.0. The molecule has 3 N–H and O–H groups in total. The number of nitrogens with two attached hydrogens (primary N) is 1. The number of hydrogen-bond acceptors (Lipinski definition) is 4. The molecule has 7 heteroatoms. The van der Waals surface area contributed by atoms with Crippen LogP contribution in [0.3, 0.4) is 0 Å². The van der Waals surface area contributed by atoms with E-state index < -0.39 is 5.41 Å². The normalized spacial score (nSPS) is 14.6. The lowest BCUT2D eigenvalue weighted by molar-refractivity contribution is -0.143. The van der Waals surface area contributed by atoms with Gasteiger partial charge in [0.1, 0.15) is 5.41 Å². The number of amides is 2. The van der Waals surface area contributed by atoms with Gasteiger partial charge in [0, 0.05) is 20.6 Å². The summed E-state index contributed by atoms with van der Waals surface area (Å²) in [6, 6.07) is 0. The van der Waals surface area contributed by atoms with Crippen molar-refractivity contribution >= 4 is 17.6 Å². The first kappa shape index (κ1) is 18.2. The van der Waals surface area contributed by atoms with Gasteiger partial charge in [-0.05, 0) is 19.8 Å². The third-order valence-corrected chi connectivity index (χ3v) is 3.46. The van der Waals surface area contributed by atoms with Gasteiger partial charge in [-0.2, -0.15) is 0 Å². The summed E-state index contributed by atoms with van der Waals surface area (Å²) in [6.07, 6.45) is 1.11. The van der Waals surface area contributed by atoms with Crippen LogP contribution in [-0.4, -0.2) is 59.8 Å². The van der Waals surface area contributed by atoms with Gasteiger partial charge in [-0.1, -0.05) is 19.0 Å². The zero-order valence-electron chi connectivity index (χ0n) is 13.0. The summed E-state index contributed by atoms with van der Waals surface area (Å²) in [6.45, 7) is 5.77. The molecule has 7 nitrogen and oxygen atoms in total. The van der Waals surface area contributed by atoms with Crippen molar-refractivity contribution in [1.29, 1.82) is 0 Å². The molecule has 0 spiro atoms. The number of rotatable bonds is 7. The lowest BCUT2D eigenvalue weighted by Gasteiger charge is -2.33. The highest BCUT2D eigenvalue weighted by Crippen LogP contribution is 2.24. The molecule has 20 heavy (non-hydrogen) atoms. The highest BCUT2D eigenvalue weighted by molar-refractivity contribution is 6.06. The van der Waals surface area contributed by atoms with Crippen LogP contribution in [0, 0.1) is 5.41 Å². The van der Waals surface area contributed by atoms with Crippen molar-refractivity contribution in [2.24, 2.45) is 16.3 Å². The molecule has 116 valence electrons. The summed E-state index contributed by atoms with van der Waals surface area (Å²) in [5, 5.41) is 11.8.